The summed E-state index contributed by atoms with van der Waals surface area (Å²) in [5.41, 5.74) is 3.03. The van der Waals surface area contributed by atoms with E-state index in [1.807, 2.05) is 39.0 Å². The van der Waals surface area contributed by atoms with Crippen molar-refractivity contribution >= 4 is 17.5 Å². The summed E-state index contributed by atoms with van der Waals surface area (Å²) in [6.45, 7) is 10.6. The van der Waals surface area contributed by atoms with E-state index in [-0.39, 0.29) is 24.4 Å². The highest BCUT2D eigenvalue weighted by molar-refractivity contribution is 5.95. The second kappa shape index (κ2) is 9.72. The largest absolute Gasteiger partial charge is 0.330 e. The Morgan fingerprint density at radius 2 is 1.88 bits per heavy atom. The zero-order valence-electron chi connectivity index (χ0n) is 16.7. The SMILES string of the molecule is CC[C@H](C)N(CC(=O)Nc1cccc(C)c1C)C(=O)CN1CCCCC1. The summed E-state index contributed by atoms with van der Waals surface area (Å²) in [5.74, 6) is -0.0802. The van der Waals surface area contributed by atoms with Gasteiger partial charge in [0.05, 0.1) is 6.54 Å². The summed E-state index contributed by atoms with van der Waals surface area (Å²) in [5, 5.41) is 2.97. The van der Waals surface area contributed by atoms with Gasteiger partial charge in [0.15, 0.2) is 0 Å². The molecule has 144 valence electrons. The summed E-state index contributed by atoms with van der Waals surface area (Å²) in [4.78, 5) is 29.4. The van der Waals surface area contributed by atoms with Crippen molar-refractivity contribution in [3.63, 3.8) is 0 Å². The van der Waals surface area contributed by atoms with Crippen LogP contribution in [0.5, 0.6) is 0 Å². The molecule has 1 aromatic carbocycles. The monoisotopic (exact) mass is 359 g/mol. The zero-order chi connectivity index (χ0) is 19.1. The quantitative estimate of drug-likeness (QED) is 0.812. The van der Waals surface area contributed by atoms with E-state index >= 15 is 0 Å². The van der Waals surface area contributed by atoms with Crippen LogP contribution in [0.25, 0.3) is 0 Å². The van der Waals surface area contributed by atoms with Gasteiger partial charge in [0.25, 0.3) is 0 Å². The second-order valence-electron chi connectivity index (χ2n) is 7.41. The van der Waals surface area contributed by atoms with Gasteiger partial charge in [-0.25, -0.2) is 0 Å². The van der Waals surface area contributed by atoms with Gasteiger partial charge in [-0.1, -0.05) is 25.5 Å². The molecule has 0 aliphatic carbocycles. The average molecular weight is 360 g/mol. The van der Waals surface area contributed by atoms with Crippen LogP contribution in [0, 0.1) is 13.8 Å². The van der Waals surface area contributed by atoms with E-state index in [0.29, 0.717) is 6.54 Å². The summed E-state index contributed by atoms with van der Waals surface area (Å²) in [6.07, 6.45) is 4.40. The summed E-state index contributed by atoms with van der Waals surface area (Å²) >= 11 is 0. The first-order valence-electron chi connectivity index (χ1n) is 9.80. The first-order valence-corrected chi connectivity index (χ1v) is 9.80. The van der Waals surface area contributed by atoms with E-state index in [0.717, 1.165) is 49.2 Å². The van der Waals surface area contributed by atoms with Crippen LogP contribution in [0.4, 0.5) is 5.69 Å². The molecule has 0 bridgehead atoms. The number of benzene rings is 1. The van der Waals surface area contributed by atoms with E-state index in [4.69, 9.17) is 0 Å². The molecule has 5 heteroatoms. The maximum Gasteiger partial charge on any atom is 0.244 e. The van der Waals surface area contributed by atoms with Gasteiger partial charge >= 0.3 is 0 Å². The van der Waals surface area contributed by atoms with Crippen LogP contribution in [0.2, 0.25) is 0 Å². The number of rotatable bonds is 7. The van der Waals surface area contributed by atoms with Crippen molar-refractivity contribution in [1.82, 2.24) is 9.80 Å². The molecule has 0 aromatic heterocycles. The maximum absolute atomic E-state index is 12.8. The smallest absolute Gasteiger partial charge is 0.244 e. The molecule has 1 saturated heterocycles. The van der Waals surface area contributed by atoms with Gasteiger partial charge in [-0.2, -0.15) is 0 Å². The molecule has 5 nitrogen and oxygen atoms in total. The number of hydrogen-bond donors (Lipinski definition) is 1. The van der Waals surface area contributed by atoms with Crippen LogP contribution in [0.1, 0.15) is 50.7 Å². The number of hydrogen-bond acceptors (Lipinski definition) is 3. The standard InChI is InChI=1S/C21H33N3O2/c1-5-17(3)24(21(26)15-23-12-7-6-8-13-23)14-20(25)22-19-11-9-10-16(2)18(19)4/h9-11,17H,5-8,12-15H2,1-4H3,(H,22,25)/t17-/m0/s1. The van der Waals surface area contributed by atoms with E-state index in [1.54, 1.807) is 4.90 Å². The zero-order valence-corrected chi connectivity index (χ0v) is 16.7. The number of carbonyl (C=O) groups excluding carboxylic acids is 2. The molecule has 2 amide bonds. The minimum absolute atomic E-state index is 0.0525. The Morgan fingerprint density at radius 1 is 1.19 bits per heavy atom. The van der Waals surface area contributed by atoms with Crippen LogP contribution in [-0.4, -0.2) is 53.8 Å². The van der Waals surface area contributed by atoms with Gasteiger partial charge in [0.1, 0.15) is 6.54 Å². The number of amides is 2. The first-order chi connectivity index (χ1) is 12.4. The van der Waals surface area contributed by atoms with E-state index in [1.165, 1.54) is 6.42 Å². The predicted molar refractivity (Wildman–Crippen MR) is 106 cm³/mol. The Balaban J connectivity index is 2.00. The lowest BCUT2D eigenvalue weighted by Crippen LogP contribution is -2.48. The van der Waals surface area contributed by atoms with E-state index in [2.05, 4.69) is 17.1 Å². The van der Waals surface area contributed by atoms with Gasteiger partial charge in [0, 0.05) is 11.7 Å². The number of carbonyl (C=O) groups is 2. The van der Waals surface area contributed by atoms with Crippen LogP contribution in [0.15, 0.2) is 18.2 Å². The predicted octanol–water partition coefficient (Wildman–Crippen LogP) is 3.35. The fourth-order valence-corrected chi connectivity index (χ4v) is 3.34. The number of piperidine rings is 1. The van der Waals surface area contributed by atoms with Crippen molar-refractivity contribution in [1.29, 1.82) is 0 Å². The Hall–Kier alpha value is -1.88. The fraction of sp³-hybridized carbons (Fsp3) is 0.619. The average Bonchev–Trinajstić information content (AvgIpc) is 2.63. The van der Waals surface area contributed by atoms with Gasteiger partial charge in [0.2, 0.25) is 11.8 Å². The third-order valence-electron chi connectivity index (χ3n) is 5.44. The Morgan fingerprint density at radius 3 is 2.54 bits per heavy atom. The number of aryl methyl sites for hydroxylation is 1. The molecule has 0 spiro atoms. The van der Waals surface area contributed by atoms with Crippen LogP contribution >= 0.6 is 0 Å². The third kappa shape index (κ3) is 5.56. The minimum Gasteiger partial charge on any atom is -0.330 e. The Bertz CT molecular complexity index is 624. The molecule has 1 aliphatic rings. The molecular weight excluding hydrogens is 326 g/mol. The first kappa shape index (κ1) is 20.4. The van der Waals surface area contributed by atoms with Crippen molar-refractivity contribution in [3.05, 3.63) is 29.3 Å². The Labute approximate surface area is 157 Å². The number of anilines is 1. The lowest BCUT2D eigenvalue weighted by molar-refractivity contribution is -0.138. The van der Waals surface area contributed by atoms with E-state index in [9.17, 15) is 9.59 Å². The molecule has 0 radical (unpaired) electrons. The highest BCUT2D eigenvalue weighted by atomic mass is 16.2. The summed E-state index contributed by atoms with van der Waals surface area (Å²) in [6, 6.07) is 5.92. The molecular formula is C21H33N3O2. The van der Waals surface area contributed by atoms with Crippen LogP contribution < -0.4 is 5.32 Å². The van der Waals surface area contributed by atoms with Gasteiger partial charge in [-0.15, -0.1) is 0 Å². The van der Waals surface area contributed by atoms with Crippen molar-refractivity contribution in [2.75, 3.05) is 31.5 Å². The minimum atomic E-state index is -0.133. The van der Waals surface area contributed by atoms with Crippen LogP contribution in [0.3, 0.4) is 0 Å². The van der Waals surface area contributed by atoms with Gasteiger partial charge < -0.3 is 10.2 Å². The van der Waals surface area contributed by atoms with Gasteiger partial charge in [-0.05, 0) is 70.3 Å². The molecule has 2 rings (SSSR count). The molecule has 1 heterocycles. The number of likely N-dealkylation sites (tertiary alicyclic amines) is 1. The molecule has 0 saturated carbocycles. The van der Waals surface area contributed by atoms with Crippen molar-refractivity contribution in [3.8, 4) is 0 Å². The molecule has 1 fully saturated rings. The number of nitrogens with zero attached hydrogens (tertiary/aromatic N) is 2. The normalized spacial score (nSPS) is 16.2. The molecule has 0 unspecified atom stereocenters. The van der Waals surface area contributed by atoms with Crippen molar-refractivity contribution in [2.45, 2.75) is 59.4 Å². The highest BCUT2D eigenvalue weighted by Crippen LogP contribution is 2.18. The topological polar surface area (TPSA) is 52.7 Å². The number of nitrogens with one attached hydrogen (secondary N) is 1. The molecule has 26 heavy (non-hydrogen) atoms. The molecule has 1 aromatic rings. The maximum atomic E-state index is 12.8. The van der Waals surface area contributed by atoms with Gasteiger partial charge in [-0.3, -0.25) is 14.5 Å². The van der Waals surface area contributed by atoms with E-state index < -0.39 is 0 Å². The fourth-order valence-electron chi connectivity index (χ4n) is 3.34. The lowest BCUT2D eigenvalue weighted by Gasteiger charge is -2.32. The Kier molecular flexibility index (Phi) is 7.64. The van der Waals surface area contributed by atoms with Crippen molar-refractivity contribution < 1.29 is 9.59 Å². The molecule has 1 atom stereocenters. The molecule has 1 aliphatic heterocycles. The highest BCUT2D eigenvalue weighted by Gasteiger charge is 2.24. The third-order valence-corrected chi connectivity index (χ3v) is 5.44. The molecule has 1 N–H and O–H groups in total. The summed E-state index contributed by atoms with van der Waals surface area (Å²) in [7, 11) is 0. The summed E-state index contributed by atoms with van der Waals surface area (Å²) < 4.78 is 0. The van der Waals surface area contributed by atoms with Crippen molar-refractivity contribution in [2.24, 2.45) is 0 Å². The lowest BCUT2D eigenvalue weighted by atomic mass is 10.1. The second-order valence-corrected chi connectivity index (χ2v) is 7.41. The van der Waals surface area contributed by atoms with Crippen LogP contribution in [-0.2, 0) is 9.59 Å².